The summed E-state index contributed by atoms with van der Waals surface area (Å²) in [5, 5.41) is 21.9. The van der Waals surface area contributed by atoms with Gasteiger partial charge in [0, 0.05) is 11.5 Å². The van der Waals surface area contributed by atoms with Gasteiger partial charge in [0.15, 0.2) is 11.6 Å². The largest absolute Gasteiger partial charge is 0.511 e. The highest BCUT2D eigenvalue weighted by molar-refractivity contribution is 6.25. The Morgan fingerprint density at radius 1 is 1.13 bits per heavy atom. The van der Waals surface area contributed by atoms with Gasteiger partial charge in [0.2, 0.25) is 0 Å². The number of hydrogen-bond donors (Lipinski definition) is 2. The van der Waals surface area contributed by atoms with Crippen LogP contribution in [0.15, 0.2) is 58.6 Å². The molecule has 0 aromatic rings. The molecule has 2 aliphatic rings. The number of carbonyl (C=O) groups excluding carboxylic acids is 2. The number of aliphatic hydroxyl groups excluding tert-OH is 1. The maximum absolute atomic E-state index is 14.5. The second-order valence-electron chi connectivity index (χ2n) is 11.7. The summed E-state index contributed by atoms with van der Waals surface area (Å²) in [5.41, 5.74) is 1.72. The first-order chi connectivity index (χ1) is 17.7. The number of ether oxygens (including phenoxy) is 1. The van der Waals surface area contributed by atoms with E-state index in [2.05, 4.69) is 13.2 Å². The number of aliphatic hydroxyl groups is 1. The van der Waals surface area contributed by atoms with Crippen molar-refractivity contribution in [3.63, 3.8) is 0 Å². The van der Waals surface area contributed by atoms with Crippen molar-refractivity contribution in [2.75, 3.05) is 0 Å². The predicted molar refractivity (Wildman–Crippen MR) is 151 cm³/mol. The number of rotatable bonds is 13. The average molecular weight is 527 g/mol. The molecule has 0 saturated heterocycles. The van der Waals surface area contributed by atoms with Crippen LogP contribution in [-0.4, -0.2) is 33.9 Å². The molecular weight excluding hydrogens is 480 g/mol. The van der Waals surface area contributed by atoms with E-state index in [9.17, 15) is 24.6 Å². The highest BCUT2D eigenvalue weighted by atomic mass is 16.5. The van der Waals surface area contributed by atoms with Gasteiger partial charge in [-0.15, -0.1) is 6.58 Å². The number of Topliss-reactive ketones (excluding diaryl/α,β-unsaturated/α-hetero) is 2. The lowest BCUT2D eigenvalue weighted by molar-refractivity contribution is -0.137. The Balaban J connectivity index is 2.91. The van der Waals surface area contributed by atoms with Gasteiger partial charge in [-0.25, -0.2) is 0 Å². The van der Waals surface area contributed by atoms with Crippen LogP contribution in [0.2, 0.25) is 0 Å². The standard InChI is InChI=1S/C32H46O6/c1-10-11-23(16-25(33)34)26-29-27(28(35)21(8)22(9)38-29)31(37)32(30(26)36,15-14-19(4)5)17-24(20(6)7)13-12-18(2)3/h14,21-24,36H,2,6,10-13,15-17H2,1,3-5,7-9H3,(H,33,34)/t21-,22-,23-,24+,32+/m1/s1. The minimum absolute atomic E-state index is 0.0302. The van der Waals surface area contributed by atoms with Gasteiger partial charge >= 0.3 is 5.97 Å². The minimum atomic E-state index is -1.42. The first-order valence-corrected chi connectivity index (χ1v) is 13.8. The van der Waals surface area contributed by atoms with Crippen LogP contribution >= 0.6 is 0 Å². The summed E-state index contributed by atoms with van der Waals surface area (Å²) in [6, 6.07) is 0. The Kier molecular flexibility index (Phi) is 10.5. The third kappa shape index (κ3) is 6.57. The topological polar surface area (TPSA) is 101 Å². The lowest BCUT2D eigenvalue weighted by Gasteiger charge is -2.44. The van der Waals surface area contributed by atoms with Crippen molar-refractivity contribution in [2.24, 2.45) is 23.2 Å². The van der Waals surface area contributed by atoms with Crippen LogP contribution in [0.25, 0.3) is 0 Å². The van der Waals surface area contributed by atoms with E-state index in [0.717, 1.165) is 23.1 Å². The maximum atomic E-state index is 14.5. The smallest absolute Gasteiger partial charge is 0.303 e. The molecule has 0 saturated carbocycles. The van der Waals surface area contributed by atoms with Crippen molar-refractivity contribution in [1.82, 2.24) is 0 Å². The fourth-order valence-electron chi connectivity index (χ4n) is 5.52. The minimum Gasteiger partial charge on any atom is -0.511 e. The van der Waals surface area contributed by atoms with Gasteiger partial charge in [-0.3, -0.25) is 14.4 Å². The maximum Gasteiger partial charge on any atom is 0.303 e. The van der Waals surface area contributed by atoms with Crippen molar-refractivity contribution in [1.29, 1.82) is 0 Å². The molecule has 210 valence electrons. The second-order valence-corrected chi connectivity index (χ2v) is 11.7. The molecule has 0 aromatic carbocycles. The van der Waals surface area contributed by atoms with E-state index in [-0.39, 0.29) is 48.1 Å². The van der Waals surface area contributed by atoms with E-state index >= 15 is 0 Å². The summed E-state index contributed by atoms with van der Waals surface area (Å²) in [4.78, 5) is 40.0. The molecule has 38 heavy (non-hydrogen) atoms. The molecule has 0 bridgehead atoms. The molecule has 2 rings (SSSR count). The number of carbonyl (C=O) groups is 3. The van der Waals surface area contributed by atoms with E-state index in [4.69, 9.17) is 4.74 Å². The van der Waals surface area contributed by atoms with Gasteiger partial charge in [-0.2, -0.15) is 0 Å². The summed E-state index contributed by atoms with van der Waals surface area (Å²) < 4.78 is 6.17. The molecule has 5 atom stereocenters. The number of carboxylic acids is 1. The average Bonchev–Trinajstić information content (AvgIpc) is 2.80. The van der Waals surface area contributed by atoms with E-state index in [1.807, 2.05) is 40.7 Å². The molecule has 0 unspecified atom stereocenters. The molecule has 0 aromatic heterocycles. The molecule has 0 amide bonds. The number of ketones is 2. The lowest BCUT2D eigenvalue weighted by Crippen LogP contribution is -2.47. The number of aliphatic carboxylic acids is 1. The zero-order chi connectivity index (χ0) is 28.9. The van der Waals surface area contributed by atoms with Crippen molar-refractivity contribution in [3.05, 3.63) is 58.6 Å². The zero-order valence-electron chi connectivity index (χ0n) is 24.3. The first-order valence-electron chi connectivity index (χ1n) is 13.8. The van der Waals surface area contributed by atoms with Crippen LogP contribution in [0.1, 0.15) is 93.4 Å². The van der Waals surface area contributed by atoms with E-state index < -0.39 is 35.1 Å². The zero-order valence-corrected chi connectivity index (χ0v) is 24.3. The molecule has 6 nitrogen and oxygen atoms in total. The third-order valence-corrected chi connectivity index (χ3v) is 8.05. The van der Waals surface area contributed by atoms with E-state index in [1.54, 1.807) is 13.8 Å². The summed E-state index contributed by atoms with van der Waals surface area (Å²) >= 11 is 0. The van der Waals surface area contributed by atoms with Crippen molar-refractivity contribution < 1.29 is 29.3 Å². The normalized spacial score (nSPS) is 24.9. The summed E-state index contributed by atoms with van der Waals surface area (Å²) in [7, 11) is 0. The van der Waals surface area contributed by atoms with Crippen LogP contribution in [0.3, 0.4) is 0 Å². The number of hydrogen-bond acceptors (Lipinski definition) is 5. The first kappa shape index (κ1) is 31.3. The monoisotopic (exact) mass is 526 g/mol. The molecule has 6 heteroatoms. The molecule has 0 radical (unpaired) electrons. The Bertz CT molecular complexity index is 1080. The SMILES string of the molecule is C=C(C)CC[C@@H](C[C@]1(CC=C(C)C)C(=O)C2=C(O[C@H](C)[C@@H](C)C2=O)C([C@H](CCC)CC(=O)O)=C1O)C(=C)C. The van der Waals surface area contributed by atoms with E-state index in [1.165, 1.54) is 0 Å². The van der Waals surface area contributed by atoms with Crippen LogP contribution < -0.4 is 0 Å². The molecule has 1 heterocycles. The Labute approximate surface area is 228 Å². The summed E-state index contributed by atoms with van der Waals surface area (Å²) in [6.45, 7) is 21.4. The van der Waals surface area contributed by atoms with Crippen molar-refractivity contribution >= 4 is 17.5 Å². The Hall–Kier alpha value is -2.89. The predicted octanol–water partition coefficient (Wildman–Crippen LogP) is 7.43. The van der Waals surface area contributed by atoms with Gasteiger partial charge < -0.3 is 14.9 Å². The Morgan fingerprint density at radius 3 is 2.26 bits per heavy atom. The van der Waals surface area contributed by atoms with Crippen molar-refractivity contribution in [3.8, 4) is 0 Å². The van der Waals surface area contributed by atoms with Crippen LogP contribution in [-0.2, 0) is 19.1 Å². The molecule has 1 aliphatic heterocycles. The molecule has 2 N–H and O–H groups in total. The summed E-state index contributed by atoms with van der Waals surface area (Å²) in [5.74, 6) is -3.11. The lowest BCUT2D eigenvalue weighted by atomic mass is 9.61. The third-order valence-electron chi connectivity index (χ3n) is 8.05. The van der Waals surface area contributed by atoms with Crippen LogP contribution in [0.5, 0.6) is 0 Å². The molecule has 0 fully saturated rings. The van der Waals surface area contributed by atoms with Gasteiger partial charge in [-0.05, 0) is 72.6 Å². The van der Waals surface area contributed by atoms with Gasteiger partial charge in [0.05, 0.1) is 17.8 Å². The number of allylic oxidation sites excluding steroid dienone is 7. The Morgan fingerprint density at radius 2 is 1.76 bits per heavy atom. The fraction of sp³-hybridized carbons (Fsp3) is 0.594. The summed E-state index contributed by atoms with van der Waals surface area (Å²) in [6.07, 6.45) is 4.20. The van der Waals surface area contributed by atoms with Gasteiger partial charge in [-0.1, -0.05) is 49.6 Å². The fourth-order valence-corrected chi connectivity index (χ4v) is 5.52. The molecule has 0 spiro atoms. The van der Waals surface area contributed by atoms with Gasteiger partial charge in [0.25, 0.3) is 0 Å². The van der Waals surface area contributed by atoms with Crippen LogP contribution in [0.4, 0.5) is 0 Å². The quantitative estimate of drug-likeness (QED) is 0.191. The number of carboxylic acid groups (broad SMARTS) is 1. The molecule has 1 aliphatic carbocycles. The highest BCUT2D eigenvalue weighted by Gasteiger charge is 2.55. The molecular formula is C32H46O6. The van der Waals surface area contributed by atoms with Crippen LogP contribution in [0, 0.1) is 23.2 Å². The highest BCUT2D eigenvalue weighted by Crippen LogP contribution is 2.53. The van der Waals surface area contributed by atoms with Gasteiger partial charge in [0.1, 0.15) is 23.2 Å². The second kappa shape index (κ2) is 12.8. The van der Waals surface area contributed by atoms with Crippen molar-refractivity contribution in [2.45, 2.75) is 99.5 Å². The van der Waals surface area contributed by atoms with E-state index in [0.29, 0.717) is 24.8 Å².